The first-order chi connectivity index (χ1) is 9.79. The Morgan fingerprint density at radius 2 is 2.00 bits per heavy atom. The van der Waals surface area contributed by atoms with E-state index in [0.29, 0.717) is 12.5 Å². The molecular formula is C13H14F2N2O2S2. The molecule has 0 aliphatic rings. The van der Waals surface area contributed by atoms with Gasteiger partial charge in [-0.3, -0.25) is 0 Å². The highest BCUT2D eigenvalue weighted by Crippen LogP contribution is 2.18. The minimum atomic E-state index is -4.07. The molecule has 0 bridgehead atoms. The number of nitrogens with zero attached hydrogens (tertiary/aromatic N) is 1. The quantitative estimate of drug-likeness (QED) is 0.915. The molecule has 0 unspecified atom stereocenters. The first-order valence-electron chi connectivity index (χ1n) is 6.17. The maximum atomic E-state index is 13.5. The van der Waals surface area contributed by atoms with Crippen LogP contribution < -0.4 is 4.72 Å². The number of aryl methyl sites for hydroxylation is 2. The van der Waals surface area contributed by atoms with Crippen molar-refractivity contribution in [1.82, 2.24) is 9.71 Å². The number of sulfonamides is 1. The third-order valence-corrected chi connectivity index (χ3v) is 5.44. The van der Waals surface area contributed by atoms with Crippen molar-refractivity contribution in [1.29, 1.82) is 0 Å². The lowest BCUT2D eigenvalue weighted by Gasteiger charge is -2.07. The Morgan fingerprint density at radius 1 is 1.29 bits per heavy atom. The molecule has 2 aromatic rings. The summed E-state index contributed by atoms with van der Waals surface area (Å²) in [6.07, 6.45) is 0.452. The minimum absolute atomic E-state index is 0.0980. The third-order valence-electron chi connectivity index (χ3n) is 2.83. The molecule has 2 rings (SSSR count). The van der Waals surface area contributed by atoms with Gasteiger partial charge in [-0.25, -0.2) is 26.9 Å². The molecule has 1 aromatic carbocycles. The average Bonchev–Trinajstić information content (AvgIpc) is 2.70. The average molecular weight is 332 g/mol. The Morgan fingerprint density at radius 3 is 2.62 bits per heavy atom. The van der Waals surface area contributed by atoms with Crippen LogP contribution in [0.2, 0.25) is 0 Å². The van der Waals surface area contributed by atoms with Crippen LogP contribution >= 0.6 is 11.3 Å². The van der Waals surface area contributed by atoms with E-state index in [1.807, 2.05) is 13.8 Å². The largest absolute Gasteiger partial charge is 0.247 e. The zero-order valence-electron chi connectivity index (χ0n) is 11.5. The van der Waals surface area contributed by atoms with Gasteiger partial charge < -0.3 is 0 Å². The van der Waals surface area contributed by atoms with E-state index in [1.165, 1.54) is 11.3 Å². The summed E-state index contributed by atoms with van der Waals surface area (Å²) in [7, 11) is -4.07. The van der Waals surface area contributed by atoms with Crippen molar-refractivity contribution in [2.75, 3.05) is 6.54 Å². The Kier molecular flexibility index (Phi) is 4.70. The zero-order chi connectivity index (χ0) is 15.6. The van der Waals surface area contributed by atoms with Gasteiger partial charge in [0.15, 0.2) is 0 Å². The predicted octanol–water partition coefficient (Wildman–Crippen LogP) is 2.56. The molecule has 0 saturated carbocycles. The monoisotopic (exact) mass is 332 g/mol. The number of halogens is 2. The summed E-state index contributed by atoms with van der Waals surface area (Å²) in [5.41, 5.74) is 0.855. The van der Waals surface area contributed by atoms with E-state index in [2.05, 4.69) is 9.71 Å². The molecule has 1 aromatic heterocycles. The summed E-state index contributed by atoms with van der Waals surface area (Å²) in [5.74, 6) is -1.78. The summed E-state index contributed by atoms with van der Waals surface area (Å²) >= 11 is 1.49. The number of nitrogens with one attached hydrogen (secondary N) is 1. The normalized spacial score (nSPS) is 11.8. The number of rotatable bonds is 5. The number of aromatic nitrogens is 1. The lowest BCUT2D eigenvalue weighted by molar-refractivity contribution is 0.546. The van der Waals surface area contributed by atoms with Crippen molar-refractivity contribution in [3.8, 4) is 0 Å². The number of hydrogen-bond acceptors (Lipinski definition) is 4. The van der Waals surface area contributed by atoms with Crippen molar-refractivity contribution in [3.05, 3.63) is 45.4 Å². The zero-order valence-corrected chi connectivity index (χ0v) is 13.1. The number of benzene rings is 1. The predicted molar refractivity (Wildman–Crippen MR) is 76.8 cm³/mol. The summed E-state index contributed by atoms with van der Waals surface area (Å²) in [4.78, 5) is 4.53. The fourth-order valence-electron chi connectivity index (χ4n) is 1.87. The smallest absolute Gasteiger partial charge is 0.243 e. The van der Waals surface area contributed by atoms with Crippen LogP contribution in [0.1, 0.15) is 15.6 Å². The van der Waals surface area contributed by atoms with Crippen molar-refractivity contribution in [2.45, 2.75) is 25.2 Å². The molecule has 1 N–H and O–H groups in total. The minimum Gasteiger partial charge on any atom is -0.247 e. The molecule has 0 aliphatic carbocycles. The van der Waals surface area contributed by atoms with Crippen LogP contribution in [0.4, 0.5) is 8.78 Å². The summed E-state index contributed by atoms with van der Waals surface area (Å²) in [6, 6.07) is 2.33. The molecule has 0 saturated heterocycles. The SMILES string of the molecule is Cc1nc(C)c(CCNS(=O)(=O)c2cc(F)ccc2F)s1. The van der Waals surface area contributed by atoms with Gasteiger partial charge >= 0.3 is 0 Å². The molecule has 1 heterocycles. The fraction of sp³-hybridized carbons (Fsp3) is 0.308. The molecule has 0 spiro atoms. The van der Waals surface area contributed by atoms with Crippen molar-refractivity contribution in [2.24, 2.45) is 0 Å². The van der Waals surface area contributed by atoms with E-state index < -0.39 is 26.6 Å². The highest BCUT2D eigenvalue weighted by Gasteiger charge is 2.19. The van der Waals surface area contributed by atoms with Crippen molar-refractivity contribution in [3.63, 3.8) is 0 Å². The molecule has 0 atom stereocenters. The van der Waals surface area contributed by atoms with Gasteiger partial charge in [0.05, 0.1) is 10.7 Å². The second-order valence-corrected chi connectivity index (χ2v) is 7.49. The van der Waals surface area contributed by atoms with Gasteiger partial charge in [-0.15, -0.1) is 11.3 Å². The van der Waals surface area contributed by atoms with Crippen LogP contribution in [0.5, 0.6) is 0 Å². The standard InChI is InChI=1S/C13H14F2N2O2S2/c1-8-12(20-9(2)17-8)5-6-16-21(18,19)13-7-10(14)3-4-11(13)15/h3-4,7,16H,5-6H2,1-2H3. The van der Waals surface area contributed by atoms with E-state index in [4.69, 9.17) is 0 Å². The van der Waals surface area contributed by atoms with Crippen LogP contribution in [-0.4, -0.2) is 19.9 Å². The number of hydrogen-bond donors (Lipinski definition) is 1. The van der Waals surface area contributed by atoms with Gasteiger partial charge in [0.2, 0.25) is 10.0 Å². The highest BCUT2D eigenvalue weighted by molar-refractivity contribution is 7.89. The van der Waals surface area contributed by atoms with Crippen LogP contribution in [0, 0.1) is 25.5 Å². The maximum absolute atomic E-state index is 13.5. The van der Waals surface area contributed by atoms with Crippen molar-refractivity contribution >= 4 is 21.4 Å². The summed E-state index contributed by atoms with van der Waals surface area (Å²) in [6.45, 7) is 3.81. The second kappa shape index (κ2) is 6.17. The Labute approximate surface area is 125 Å². The molecule has 0 fully saturated rings. The van der Waals surface area contributed by atoms with Gasteiger partial charge in [0, 0.05) is 11.4 Å². The second-order valence-electron chi connectivity index (χ2n) is 4.46. The molecular weight excluding hydrogens is 318 g/mol. The Hall–Kier alpha value is -1.38. The summed E-state index contributed by atoms with van der Waals surface area (Å²) < 4.78 is 52.7. The molecule has 0 aliphatic heterocycles. The van der Waals surface area contributed by atoms with Gasteiger partial charge in [-0.05, 0) is 38.5 Å². The lowest BCUT2D eigenvalue weighted by atomic mass is 10.3. The van der Waals surface area contributed by atoms with E-state index >= 15 is 0 Å². The fourth-order valence-corrected chi connectivity index (χ4v) is 3.92. The summed E-state index contributed by atoms with van der Waals surface area (Å²) in [5, 5.41) is 0.904. The lowest BCUT2D eigenvalue weighted by Crippen LogP contribution is -2.26. The van der Waals surface area contributed by atoms with Crippen LogP contribution in [0.15, 0.2) is 23.1 Å². The van der Waals surface area contributed by atoms with E-state index in [-0.39, 0.29) is 6.54 Å². The molecule has 21 heavy (non-hydrogen) atoms. The molecule has 8 heteroatoms. The third kappa shape index (κ3) is 3.84. The van der Waals surface area contributed by atoms with Crippen LogP contribution in [0.3, 0.4) is 0 Å². The first-order valence-corrected chi connectivity index (χ1v) is 8.47. The molecule has 4 nitrogen and oxygen atoms in total. The van der Waals surface area contributed by atoms with E-state index in [0.717, 1.165) is 27.7 Å². The van der Waals surface area contributed by atoms with E-state index in [1.54, 1.807) is 0 Å². The van der Waals surface area contributed by atoms with E-state index in [9.17, 15) is 17.2 Å². The van der Waals surface area contributed by atoms with Gasteiger partial charge in [-0.1, -0.05) is 0 Å². The molecule has 0 amide bonds. The maximum Gasteiger partial charge on any atom is 0.243 e. The highest BCUT2D eigenvalue weighted by atomic mass is 32.2. The van der Waals surface area contributed by atoms with Crippen LogP contribution in [-0.2, 0) is 16.4 Å². The number of thiazole rings is 1. The van der Waals surface area contributed by atoms with Gasteiger partial charge in [0.1, 0.15) is 16.5 Å². The first kappa shape index (κ1) is 16.0. The van der Waals surface area contributed by atoms with Crippen molar-refractivity contribution < 1.29 is 17.2 Å². The van der Waals surface area contributed by atoms with Gasteiger partial charge in [0.25, 0.3) is 0 Å². The van der Waals surface area contributed by atoms with Crippen LogP contribution in [0.25, 0.3) is 0 Å². The van der Waals surface area contributed by atoms with Gasteiger partial charge in [-0.2, -0.15) is 0 Å². The Bertz CT molecular complexity index is 758. The topological polar surface area (TPSA) is 59.1 Å². The molecule has 114 valence electrons. The molecule has 0 radical (unpaired) electrons. The Balaban J connectivity index is 2.08.